The molecular weight excluding hydrogens is 190 g/mol. The van der Waals surface area contributed by atoms with Crippen molar-refractivity contribution in [2.45, 2.75) is 37.8 Å². The van der Waals surface area contributed by atoms with Gasteiger partial charge in [0.15, 0.2) is 0 Å². The highest BCUT2D eigenvalue weighted by Gasteiger charge is 2.35. The molecule has 0 spiro atoms. The fourth-order valence-electron chi connectivity index (χ4n) is 2.42. The Kier molecular flexibility index (Phi) is 4.99. The van der Waals surface area contributed by atoms with Crippen LogP contribution in [0.15, 0.2) is 0 Å². The second-order valence-corrected chi connectivity index (χ2v) is 4.88. The molecule has 0 aromatic carbocycles. The van der Waals surface area contributed by atoms with Crippen LogP contribution in [-0.2, 0) is 0 Å². The van der Waals surface area contributed by atoms with Crippen LogP contribution in [0.25, 0.3) is 0 Å². The smallest absolute Gasteiger partial charge is 0.0446 e. The van der Waals surface area contributed by atoms with Gasteiger partial charge in [-0.25, -0.2) is 0 Å². The van der Waals surface area contributed by atoms with Gasteiger partial charge < -0.3 is 21.1 Å². The van der Waals surface area contributed by atoms with Gasteiger partial charge >= 0.3 is 0 Å². The van der Waals surface area contributed by atoms with Gasteiger partial charge in [-0.3, -0.25) is 0 Å². The lowest BCUT2D eigenvalue weighted by atomic mass is 9.96. The molecule has 0 amide bonds. The van der Waals surface area contributed by atoms with Crippen molar-refractivity contribution in [1.82, 2.24) is 10.2 Å². The molecule has 4 nitrogen and oxygen atoms in total. The summed E-state index contributed by atoms with van der Waals surface area (Å²) in [6.45, 7) is 5.30. The number of rotatable bonds is 6. The molecule has 2 atom stereocenters. The van der Waals surface area contributed by atoms with E-state index in [9.17, 15) is 0 Å². The van der Waals surface area contributed by atoms with Gasteiger partial charge in [-0.05, 0) is 39.8 Å². The van der Waals surface area contributed by atoms with Crippen LogP contribution in [0.2, 0.25) is 0 Å². The van der Waals surface area contributed by atoms with E-state index in [0.29, 0.717) is 12.6 Å². The van der Waals surface area contributed by atoms with Crippen molar-refractivity contribution >= 4 is 0 Å². The summed E-state index contributed by atoms with van der Waals surface area (Å²) in [6, 6.07) is 0.437. The van der Waals surface area contributed by atoms with Crippen molar-refractivity contribution in [3.05, 3.63) is 0 Å². The maximum Gasteiger partial charge on any atom is 0.0446 e. The molecule has 0 aliphatic carbocycles. The topological polar surface area (TPSA) is 61.5 Å². The number of aliphatic hydroxyl groups is 1. The van der Waals surface area contributed by atoms with Crippen LogP contribution >= 0.6 is 0 Å². The first-order chi connectivity index (χ1) is 7.12. The summed E-state index contributed by atoms with van der Waals surface area (Å²) in [5, 5.41) is 12.4. The zero-order valence-corrected chi connectivity index (χ0v) is 10.00. The molecule has 1 heterocycles. The van der Waals surface area contributed by atoms with E-state index in [1.54, 1.807) is 0 Å². The van der Waals surface area contributed by atoms with Gasteiger partial charge in [0.1, 0.15) is 0 Å². The third-order valence-electron chi connectivity index (χ3n) is 3.28. The van der Waals surface area contributed by atoms with Crippen molar-refractivity contribution in [2.24, 2.45) is 5.73 Å². The van der Waals surface area contributed by atoms with Crippen molar-refractivity contribution in [3.63, 3.8) is 0 Å². The van der Waals surface area contributed by atoms with E-state index in [1.807, 2.05) is 0 Å². The molecule has 0 saturated carbocycles. The summed E-state index contributed by atoms with van der Waals surface area (Å²) >= 11 is 0. The number of likely N-dealkylation sites (N-methyl/N-ethyl adjacent to an activating group) is 1. The van der Waals surface area contributed by atoms with Crippen molar-refractivity contribution in [3.8, 4) is 0 Å². The second kappa shape index (κ2) is 5.80. The Hall–Kier alpha value is -0.160. The quantitative estimate of drug-likeness (QED) is 0.573. The van der Waals surface area contributed by atoms with Crippen molar-refractivity contribution in [1.29, 1.82) is 0 Å². The van der Waals surface area contributed by atoms with E-state index in [-0.39, 0.29) is 12.1 Å². The van der Waals surface area contributed by atoms with E-state index in [0.717, 1.165) is 32.4 Å². The Morgan fingerprint density at radius 2 is 2.33 bits per heavy atom. The average molecular weight is 215 g/mol. The molecule has 0 radical (unpaired) electrons. The van der Waals surface area contributed by atoms with Crippen molar-refractivity contribution in [2.75, 3.05) is 33.3 Å². The number of likely N-dealkylation sites (tertiary alicyclic amines) is 1. The Bertz CT molecular complexity index is 189. The van der Waals surface area contributed by atoms with Gasteiger partial charge in [0, 0.05) is 31.3 Å². The molecule has 4 heteroatoms. The van der Waals surface area contributed by atoms with Crippen LogP contribution in [0, 0.1) is 0 Å². The van der Waals surface area contributed by atoms with Gasteiger partial charge in [-0.1, -0.05) is 0 Å². The van der Waals surface area contributed by atoms with Gasteiger partial charge in [-0.2, -0.15) is 0 Å². The van der Waals surface area contributed by atoms with Crippen LogP contribution in [0.3, 0.4) is 0 Å². The first-order valence-corrected chi connectivity index (χ1v) is 5.89. The molecule has 4 N–H and O–H groups in total. The van der Waals surface area contributed by atoms with E-state index >= 15 is 0 Å². The first kappa shape index (κ1) is 12.9. The minimum absolute atomic E-state index is 0.101. The summed E-state index contributed by atoms with van der Waals surface area (Å²) in [4.78, 5) is 2.32. The van der Waals surface area contributed by atoms with E-state index in [1.165, 1.54) is 0 Å². The lowest BCUT2D eigenvalue weighted by Crippen LogP contribution is -2.56. The number of nitrogens with one attached hydrogen (secondary N) is 1. The van der Waals surface area contributed by atoms with E-state index < -0.39 is 0 Å². The lowest BCUT2D eigenvalue weighted by Gasteiger charge is -2.32. The highest BCUT2D eigenvalue weighted by molar-refractivity contribution is 4.98. The Balaban J connectivity index is 2.39. The third-order valence-corrected chi connectivity index (χ3v) is 3.28. The third kappa shape index (κ3) is 3.72. The molecule has 0 bridgehead atoms. The van der Waals surface area contributed by atoms with Crippen LogP contribution in [0.5, 0.6) is 0 Å². The summed E-state index contributed by atoms with van der Waals surface area (Å²) < 4.78 is 0. The summed E-state index contributed by atoms with van der Waals surface area (Å²) in [5.74, 6) is 0. The maximum absolute atomic E-state index is 8.78. The highest BCUT2D eigenvalue weighted by Crippen LogP contribution is 2.20. The van der Waals surface area contributed by atoms with E-state index in [4.69, 9.17) is 10.8 Å². The Labute approximate surface area is 92.8 Å². The molecule has 1 aliphatic rings. The zero-order chi connectivity index (χ0) is 11.3. The second-order valence-electron chi connectivity index (χ2n) is 4.88. The molecule has 1 rings (SSSR count). The van der Waals surface area contributed by atoms with Gasteiger partial charge in [0.25, 0.3) is 0 Å². The number of hydrogen-bond donors (Lipinski definition) is 3. The Morgan fingerprint density at radius 1 is 1.60 bits per heavy atom. The molecule has 0 aromatic heterocycles. The fourth-order valence-corrected chi connectivity index (χ4v) is 2.42. The van der Waals surface area contributed by atoms with Gasteiger partial charge in [0.2, 0.25) is 0 Å². The molecular formula is C11H25N3O. The largest absolute Gasteiger partial charge is 0.396 e. The normalized spacial score (nSPS) is 29.6. The van der Waals surface area contributed by atoms with Crippen LogP contribution < -0.4 is 11.1 Å². The van der Waals surface area contributed by atoms with E-state index in [2.05, 4.69) is 24.2 Å². The molecule has 15 heavy (non-hydrogen) atoms. The predicted octanol–water partition coefficient (Wildman–Crippen LogP) is -0.230. The van der Waals surface area contributed by atoms with Gasteiger partial charge in [0.05, 0.1) is 0 Å². The molecule has 0 aromatic rings. The minimum Gasteiger partial charge on any atom is -0.396 e. The SMILES string of the molecule is CC(CCCO)NC1(CN)CCN(C)C1. The molecule has 1 saturated heterocycles. The fraction of sp³-hybridized carbons (Fsp3) is 1.00. The molecule has 1 fully saturated rings. The standard InChI is InChI=1S/C11H25N3O/c1-10(4-3-7-15)13-11(8-12)5-6-14(2)9-11/h10,13,15H,3-9,12H2,1-2H3. The van der Waals surface area contributed by atoms with Crippen LogP contribution in [-0.4, -0.2) is 54.9 Å². The maximum atomic E-state index is 8.78. The zero-order valence-electron chi connectivity index (χ0n) is 10.00. The highest BCUT2D eigenvalue weighted by atomic mass is 16.2. The summed E-state index contributed by atoms with van der Waals surface area (Å²) in [5.41, 5.74) is 5.97. The van der Waals surface area contributed by atoms with Crippen molar-refractivity contribution < 1.29 is 5.11 Å². The first-order valence-electron chi connectivity index (χ1n) is 5.89. The number of nitrogens with two attached hydrogens (primary N) is 1. The average Bonchev–Trinajstić information content (AvgIpc) is 2.58. The molecule has 2 unspecified atom stereocenters. The summed E-state index contributed by atoms with van der Waals surface area (Å²) in [6.07, 6.45) is 3.01. The number of aliphatic hydroxyl groups excluding tert-OH is 1. The van der Waals surface area contributed by atoms with Gasteiger partial charge in [-0.15, -0.1) is 0 Å². The summed E-state index contributed by atoms with van der Waals surface area (Å²) in [7, 11) is 2.14. The predicted molar refractivity (Wildman–Crippen MR) is 62.8 cm³/mol. The van der Waals surface area contributed by atoms with Crippen LogP contribution in [0.1, 0.15) is 26.2 Å². The lowest BCUT2D eigenvalue weighted by molar-refractivity contribution is 0.252. The minimum atomic E-state index is 0.101. The van der Waals surface area contributed by atoms with Crippen LogP contribution in [0.4, 0.5) is 0 Å². The Morgan fingerprint density at radius 3 is 2.80 bits per heavy atom. The number of hydrogen-bond acceptors (Lipinski definition) is 4. The molecule has 90 valence electrons. The number of nitrogens with zero attached hydrogens (tertiary/aromatic N) is 1. The monoisotopic (exact) mass is 215 g/mol. The molecule has 1 aliphatic heterocycles.